The summed E-state index contributed by atoms with van der Waals surface area (Å²) in [4.78, 5) is 11.5. The van der Waals surface area contributed by atoms with Crippen molar-refractivity contribution in [2.24, 2.45) is 17.3 Å². The van der Waals surface area contributed by atoms with Gasteiger partial charge in [-0.1, -0.05) is 24.6 Å². The van der Waals surface area contributed by atoms with Crippen LogP contribution >= 0.6 is 0 Å². The van der Waals surface area contributed by atoms with Gasteiger partial charge in [0, 0.05) is 6.42 Å². The molecule has 0 aromatic carbocycles. The van der Waals surface area contributed by atoms with Crippen LogP contribution in [0.3, 0.4) is 0 Å². The third-order valence-corrected chi connectivity index (χ3v) is 4.86. The fraction of sp³-hybridized carbons (Fsp3) is 0.667. The Hall–Kier alpha value is -0.850. The summed E-state index contributed by atoms with van der Waals surface area (Å²) in [6, 6.07) is 0. The molecule has 0 aromatic heterocycles. The van der Waals surface area contributed by atoms with Gasteiger partial charge in [0.15, 0.2) is 5.78 Å². The van der Waals surface area contributed by atoms with E-state index in [9.17, 15) is 4.79 Å². The molecule has 1 saturated carbocycles. The number of carbonyl (C=O) groups is 1. The van der Waals surface area contributed by atoms with Crippen molar-refractivity contribution in [1.29, 1.82) is 0 Å². The summed E-state index contributed by atoms with van der Waals surface area (Å²) in [5.74, 6) is 1.49. The molecule has 0 bridgehead atoms. The minimum absolute atomic E-state index is 0.303. The van der Waals surface area contributed by atoms with Gasteiger partial charge in [0.05, 0.1) is 0 Å². The van der Waals surface area contributed by atoms with Crippen LogP contribution in [0.5, 0.6) is 0 Å². The second-order valence-electron chi connectivity index (χ2n) is 5.84. The third kappa shape index (κ3) is 1.66. The van der Waals surface area contributed by atoms with Gasteiger partial charge in [0.1, 0.15) is 0 Å². The predicted molar refractivity (Wildman–Crippen MR) is 67.1 cm³/mol. The summed E-state index contributed by atoms with van der Waals surface area (Å²) in [7, 11) is 0. The second kappa shape index (κ2) is 3.87. The third-order valence-electron chi connectivity index (χ3n) is 4.86. The molecule has 0 aromatic rings. The Balaban J connectivity index is 2.29. The van der Waals surface area contributed by atoms with Crippen LogP contribution in [0.15, 0.2) is 23.8 Å². The number of carbonyl (C=O) groups excluding carboxylic acids is 1. The van der Waals surface area contributed by atoms with E-state index >= 15 is 0 Å². The highest BCUT2D eigenvalue weighted by Gasteiger charge is 2.46. The topological polar surface area (TPSA) is 17.1 Å². The molecular formula is C15H22O. The average Bonchev–Trinajstić information content (AvgIpc) is 2.60. The Kier molecular flexibility index (Phi) is 2.81. The van der Waals surface area contributed by atoms with E-state index in [1.54, 1.807) is 0 Å². The van der Waals surface area contributed by atoms with Gasteiger partial charge in [0.2, 0.25) is 0 Å². The van der Waals surface area contributed by atoms with Gasteiger partial charge in [0.25, 0.3) is 0 Å². The predicted octanol–water partition coefficient (Wildman–Crippen LogP) is 3.90. The molecule has 0 amide bonds. The molecular weight excluding hydrogens is 196 g/mol. The Morgan fingerprint density at radius 1 is 1.56 bits per heavy atom. The Morgan fingerprint density at radius 3 is 2.75 bits per heavy atom. The molecule has 1 nitrogen and oxygen atoms in total. The molecule has 2 aliphatic rings. The lowest BCUT2D eigenvalue weighted by atomic mass is 9.64. The molecule has 0 N–H and O–H groups in total. The first kappa shape index (κ1) is 11.6. The van der Waals surface area contributed by atoms with Gasteiger partial charge in [-0.15, -0.1) is 0 Å². The zero-order valence-corrected chi connectivity index (χ0v) is 10.7. The number of hydrogen-bond acceptors (Lipinski definition) is 1. The fourth-order valence-electron chi connectivity index (χ4n) is 3.63. The largest absolute Gasteiger partial charge is 0.295 e. The number of hydrogen-bond donors (Lipinski definition) is 0. The molecule has 2 rings (SSSR count). The molecule has 0 radical (unpaired) electrons. The minimum Gasteiger partial charge on any atom is -0.295 e. The lowest BCUT2D eigenvalue weighted by molar-refractivity contribution is -0.117. The molecule has 0 aliphatic heterocycles. The lowest BCUT2D eigenvalue weighted by Crippen LogP contribution is -2.33. The van der Waals surface area contributed by atoms with E-state index in [1.807, 2.05) is 6.08 Å². The van der Waals surface area contributed by atoms with Crippen molar-refractivity contribution in [1.82, 2.24) is 0 Å². The Bertz CT molecular complexity index is 364. The van der Waals surface area contributed by atoms with Crippen molar-refractivity contribution in [3.8, 4) is 0 Å². The zero-order chi connectivity index (χ0) is 11.9. The maximum absolute atomic E-state index is 11.5. The van der Waals surface area contributed by atoms with Gasteiger partial charge in [-0.2, -0.15) is 0 Å². The van der Waals surface area contributed by atoms with Crippen LogP contribution in [0.4, 0.5) is 0 Å². The molecule has 1 spiro atoms. The van der Waals surface area contributed by atoms with Crippen molar-refractivity contribution in [2.75, 3.05) is 0 Å². The monoisotopic (exact) mass is 218 g/mol. The molecule has 0 unspecified atom stereocenters. The first-order chi connectivity index (χ1) is 7.45. The molecule has 0 heterocycles. The van der Waals surface area contributed by atoms with Gasteiger partial charge in [-0.05, 0) is 56.4 Å². The van der Waals surface area contributed by atoms with E-state index < -0.39 is 0 Å². The van der Waals surface area contributed by atoms with Crippen molar-refractivity contribution in [2.45, 2.75) is 46.5 Å². The molecule has 16 heavy (non-hydrogen) atoms. The molecule has 1 heteroatoms. The van der Waals surface area contributed by atoms with E-state index in [1.165, 1.54) is 30.4 Å². The highest BCUT2D eigenvalue weighted by Crippen LogP contribution is 2.55. The summed E-state index contributed by atoms with van der Waals surface area (Å²) in [6.07, 6.45) is 6.32. The van der Waals surface area contributed by atoms with Crippen molar-refractivity contribution >= 4 is 5.78 Å². The normalized spacial score (nSPS) is 38.9. The minimum atomic E-state index is 0.303. The van der Waals surface area contributed by atoms with Crippen LogP contribution in [0.1, 0.15) is 46.5 Å². The van der Waals surface area contributed by atoms with Crippen LogP contribution in [0, 0.1) is 17.3 Å². The highest BCUT2D eigenvalue weighted by molar-refractivity contribution is 5.91. The maximum atomic E-state index is 11.5. The molecule has 3 atom stereocenters. The van der Waals surface area contributed by atoms with E-state index in [0.717, 1.165) is 6.42 Å². The first-order valence-corrected chi connectivity index (χ1v) is 6.33. The Labute approximate surface area is 98.6 Å². The Morgan fingerprint density at radius 2 is 2.25 bits per heavy atom. The van der Waals surface area contributed by atoms with Crippen molar-refractivity contribution < 1.29 is 4.79 Å². The quantitative estimate of drug-likeness (QED) is 0.610. The van der Waals surface area contributed by atoms with E-state index in [2.05, 4.69) is 27.4 Å². The van der Waals surface area contributed by atoms with Crippen molar-refractivity contribution in [3.63, 3.8) is 0 Å². The summed E-state index contributed by atoms with van der Waals surface area (Å²) >= 11 is 0. The van der Waals surface area contributed by atoms with Crippen LogP contribution in [-0.2, 0) is 4.79 Å². The van der Waals surface area contributed by atoms with Crippen molar-refractivity contribution in [3.05, 3.63) is 23.8 Å². The molecule has 0 saturated heterocycles. The van der Waals surface area contributed by atoms with E-state index in [-0.39, 0.29) is 0 Å². The van der Waals surface area contributed by atoms with Crippen LogP contribution in [0.25, 0.3) is 0 Å². The van der Waals surface area contributed by atoms with Gasteiger partial charge >= 0.3 is 0 Å². The highest BCUT2D eigenvalue weighted by atomic mass is 16.1. The van der Waals surface area contributed by atoms with Gasteiger partial charge in [-0.25, -0.2) is 0 Å². The number of allylic oxidation sites excluding steroid dienone is 3. The molecule has 1 fully saturated rings. The average molecular weight is 218 g/mol. The smallest absolute Gasteiger partial charge is 0.155 e. The van der Waals surface area contributed by atoms with Crippen LogP contribution < -0.4 is 0 Å². The maximum Gasteiger partial charge on any atom is 0.155 e. The summed E-state index contributed by atoms with van der Waals surface area (Å²) in [5.41, 5.74) is 2.94. The fourth-order valence-corrected chi connectivity index (χ4v) is 3.63. The van der Waals surface area contributed by atoms with Gasteiger partial charge < -0.3 is 0 Å². The standard InChI is InChI=1S/C15H22O/c1-10(2)13-5-6-15(9-13)11(3)7-14(16)8-12(15)4/h7,12-13H,1,5-6,8-9H2,2-4H3/t12-,13+,15+/m0/s1. The lowest BCUT2D eigenvalue weighted by Gasteiger charge is -2.39. The molecule has 2 aliphatic carbocycles. The summed E-state index contributed by atoms with van der Waals surface area (Å²) < 4.78 is 0. The molecule has 88 valence electrons. The van der Waals surface area contributed by atoms with E-state index in [4.69, 9.17) is 0 Å². The number of rotatable bonds is 1. The van der Waals surface area contributed by atoms with Crippen LogP contribution in [0.2, 0.25) is 0 Å². The van der Waals surface area contributed by atoms with Gasteiger partial charge in [-0.3, -0.25) is 4.79 Å². The summed E-state index contributed by atoms with van der Waals surface area (Å²) in [5, 5.41) is 0. The van der Waals surface area contributed by atoms with E-state index in [0.29, 0.717) is 23.0 Å². The van der Waals surface area contributed by atoms with Crippen LogP contribution in [-0.4, -0.2) is 5.78 Å². The summed E-state index contributed by atoms with van der Waals surface area (Å²) in [6.45, 7) is 10.6. The SMILES string of the molecule is C=C(C)[C@@H]1CC[C@@]2(C1)C(C)=CC(=O)C[C@@H]2C. The number of ketones is 1. The zero-order valence-electron chi connectivity index (χ0n) is 10.7. The first-order valence-electron chi connectivity index (χ1n) is 6.33. The second-order valence-corrected chi connectivity index (χ2v) is 5.84.